The van der Waals surface area contributed by atoms with Gasteiger partial charge in [0.2, 0.25) is 0 Å². The number of rotatable bonds is 3. The zero-order valence-electron chi connectivity index (χ0n) is 12.4. The Balaban J connectivity index is 1.99. The van der Waals surface area contributed by atoms with Crippen molar-refractivity contribution in [3.05, 3.63) is 62.6 Å². The number of hydrogen-bond donors (Lipinski definition) is 2. The van der Waals surface area contributed by atoms with Crippen molar-refractivity contribution < 1.29 is 9.59 Å². The quantitative estimate of drug-likeness (QED) is 0.476. The zero-order valence-corrected chi connectivity index (χ0v) is 14.7. The summed E-state index contributed by atoms with van der Waals surface area (Å²) in [7, 11) is 0. The smallest absolute Gasteiger partial charge is 0.317 e. The first-order valence-corrected chi connectivity index (χ1v) is 7.87. The van der Waals surface area contributed by atoms with Crippen LogP contribution < -0.4 is 10.7 Å². The number of hydrogen-bond acceptors (Lipinski definition) is 3. The van der Waals surface area contributed by atoms with Crippen LogP contribution in [-0.2, 0) is 9.59 Å². The molecule has 2 amide bonds. The van der Waals surface area contributed by atoms with Gasteiger partial charge in [-0.05, 0) is 30.7 Å². The SMILES string of the molecule is Cc1c(Cl)cccc1NC(=O)C(=O)N/N=C\c1cccc(Cl)c1Cl. The van der Waals surface area contributed by atoms with Crippen molar-refractivity contribution in [1.82, 2.24) is 5.43 Å². The molecule has 2 rings (SSSR count). The molecule has 0 spiro atoms. The van der Waals surface area contributed by atoms with Crippen LogP contribution in [0.3, 0.4) is 0 Å². The van der Waals surface area contributed by atoms with E-state index in [1.54, 1.807) is 43.3 Å². The van der Waals surface area contributed by atoms with Gasteiger partial charge >= 0.3 is 11.8 Å². The molecule has 0 atom stereocenters. The Labute approximate surface area is 153 Å². The van der Waals surface area contributed by atoms with Gasteiger partial charge in [0, 0.05) is 16.3 Å². The molecule has 124 valence electrons. The molecule has 24 heavy (non-hydrogen) atoms. The van der Waals surface area contributed by atoms with E-state index in [1.807, 2.05) is 0 Å². The topological polar surface area (TPSA) is 70.6 Å². The van der Waals surface area contributed by atoms with Crippen LogP contribution in [0.4, 0.5) is 5.69 Å². The highest BCUT2D eigenvalue weighted by Crippen LogP contribution is 2.24. The number of halogens is 3. The van der Waals surface area contributed by atoms with Crippen molar-refractivity contribution >= 4 is 58.5 Å². The van der Waals surface area contributed by atoms with E-state index in [4.69, 9.17) is 34.8 Å². The summed E-state index contributed by atoms with van der Waals surface area (Å²) in [6, 6.07) is 9.97. The highest BCUT2D eigenvalue weighted by Gasteiger charge is 2.14. The second kappa shape index (κ2) is 8.15. The molecule has 0 radical (unpaired) electrons. The number of anilines is 1. The van der Waals surface area contributed by atoms with Gasteiger partial charge in [0.05, 0.1) is 16.3 Å². The second-order valence-electron chi connectivity index (χ2n) is 4.71. The number of hydrazone groups is 1. The van der Waals surface area contributed by atoms with Crippen LogP contribution in [0.15, 0.2) is 41.5 Å². The molecule has 8 heteroatoms. The molecule has 0 bridgehead atoms. The third-order valence-corrected chi connectivity index (χ3v) is 4.32. The molecule has 0 aliphatic rings. The lowest BCUT2D eigenvalue weighted by Gasteiger charge is -2.08. The van der Waals surface area contributed by atoms with Crippen LogP contribution >= 0.6 is 34.8 Å². The molecule has 0 aromatic heterocycles. The number of amides is 2. The van der Waals surface area contributed by atoms with Gasteiger partial charge in [-0.15, -0.1) is 0 Å². The van der Waals surface area contributed by atoms with Gasteiger partial charge in [0.1, 0.15) is 0 Å². The lowest BCUT2D eigenvalue weighted by Crippen LogP contribution is -2.32. The Bertz CT molecular complexity index is 822. The van der Waals surface area contributed by atoms with Gasteiger partial charge in [-0.2, -0.15) is 5.10 Å². The molecule has 2 N–H and O–H groups in total. The number of carbonyl (C=O) groups excluding carboxylic acids is 2. The number of carbonyl (C=O) groups is 2. The second-order valence-corrected chi connectivity index (χ2v) is 5.90. The minimum absolute atomic E-state index is 0.302. The molecular formula is C16H12Cl3N3O2. The number of benzene rings is 2. The van der Waals surface area contributed by atoms with Crippen LogP contribution in [0.5, 0.6) is 0 Å². The molecule has 0 heterocycles. The maximum absolute atomic E-state index is 11.9. The van der Waals surface area contributed by atoms with Crippen molar-refractivity contribution in [2.45, 2.75) is 6.92 Å². The van der Waals surface area contributed by atoms with Gasteiger partial charge in [0.25, 0.3) is 0 Å². The van der Waals surface area contributed by atoms with Crippen molar-refractivity contribution in [3.63, 3.8) is 0 Å². The lowest BCUT2D eigenvalue weighted by molar-refractivity contribution is -0.136. The van der Waals surface area contributed by atoms with E-state index in [2.05, 4.69) is 15.8 Å². The summed E-state index contributed by atoms with van der Waals surface area (Å²) in [5.74, 6) is -1.79. The molecule has 0 aliphatic heterocycles. The average Bonchev–Trinajstić information content (AvgIpc) is 2.55. The summed E-state index contributed by atoms with van der Waals surface area (Å²) in [6.45, 7) is 1.73. The van der Waals surface area contributed by atoms with Crippen molar-refractivity contribution in [3.8, 4) is 0 Å². The molecule has 0 saturated heterocycles. The monoisotopic (exact) mass is 383 g/mol. The third kappa shape index (κ3) is 4.47. The zero-order chi connectivity index (χ0) is 17.7. The Morgan fingerprint density at radius 3 is 2.42 bits per heavy atom. The van der Waals surface area contributed by atoms with E-state index < -0.39 is 11.8 Å². The first kappa shape index (κ1) is 18.3. The van der Waals surface area contributed by atoms with Crippen molar-refractivity contribution in [2.24, 2.45) is 5.10 Å². The summed E-state index contributed by atoms with van der Waals surface area (Å²) in [5, 5.41) is 7.31. The molecule has 2 aromatic rings. The summed E-state index contributed by atoms with van der Waals surface area (Å²) < 4.78 is 0. The Morgan fingerprint density at radius 1 is 1.00 bits per heavy atom. The molecular weight excluding hydrogens is 373 g/mol. The summed E-state index contributed by atoms with van der Waals surface area (Å²) >= 11 is 17.8. The standard InChI is InChI=1S/C16H12Cl3N3O2/c1-9-11(17)5-3-7-13(9)21-15(23)16(24)22-20-8-10-4-2-6-12(18)14(10)19/h2-8H,1H3,(H,21,23)(H,22,24)/b20-8-. The highest BCUT2D eigenvalue weighted by molar-refractivity contribution is 6.43. The van der Waals surface area contributed by atoms with E-state index in [0.717, 1.165) is 0 Å². The Hall–Kier alpha value is -2.08. The maximum Gasteiger partial charge on any atom is 0.329 e. The van der Waals surface area contributed by atoms with E-state index in [9.17, 15) is 9.59 Å². The normalized spacial score (nSPS) is 10.7. The fourth-order valence-corrected chi connectivity index (χ4v) is 2.28. The number of nitrogens with one attached hydrogen (secondary N) is 2. The van der Waals surface area contributed by atoms with Crippen LogP contribution in [0.25, 0.3) is 0 Å². The van der Waals surface area contributed by atoms with Gasteiger partial charge in [0.15, 0.2) is 0 Å². The molecule has 2 aromatic carbocycles. The van der Waals surface area contributed by atoms with Crippen LogP contribution in [0, 0.1) is 6.92 Å². The van der Waals surface area contributed by atoms with Crippen molar-refractivity contribution in [2.75, 3.05) is 5.32 Å². The molecule has 0 aliphatic carbocycles. The van der Waals surface area contributed by atoms with Crippen molar-refractivity contribution in [1.29, 1.82) is 0 Å². The first-order valence-electron chi connectivity index (χ1n) is 6.73. The van der Waals surface area contributed by atoms with E-state index in [0.29, 0.717) is 31.9 Å². The molecule has 5 nitrogen and oxygen atoms in total. The summed E-state index contributed by atoms with van der Waals surface area (Å²) in [6.07, 6.45) is 1.30. The molecule has 0 unspecified atom stereocenters. The van der Waals surface area contributed by atoms with Crippen LogP contribution in [0.1, 0.15) is 11.1 Å². The predicted octanol–water partition coefficient (Wildman–Crippen LogP) is 4.04. The van der Waals surface area contributed by atoms with Gasteiger partial charge < -0.3 is 5.32 Å². The fraction of sp³-hybridized carbons (Fsp3) is 0.0625. The lowest BCUT2D eigenvalue weighted by atomic mass is 10.2. The Morgan fingerprint density at radius 2 is 1.67 bits per heavy atom. The summed E-state index contributed by atoms with van der Waals surface area (Å²) in [5.41, 5.74) is 3.74. The van der Waals surface area contributed by atoms with E-state index >= 15 is 0 Å². The molecule has 0 saturated carbocycles. The van der Waals surface area contributed by atoms with Gasteiger partial charge in [-0.1, -0.05) is 53.0 Å². The third-order valence-electron chi connectivity index (χ3n) is 3.07. The number of nitrogens with zero attached hydrogens (tertiary/aromatic N) is 1. The predicted molar refractivity (Wildman–Crippen MR) is 97.0 cm³/mol. The Kier molecular flexibility index (Phi) is 6.20. The average molecular weight is 385 g/mol. The minimum atomic E-state index is -0.927. The van der Waals surface area contributed by atoms with Gasteiger partial charge in [-0.3, -0.25) is 9.59 Å². The highest BCUT2D eigenvalue weighted by atomic mass is 35.5. The van der Waals surface area contributed by atoms with E-state index in [-0.39, 0.29) is 0 Å². The first-order chi connectivity index (χ1) is 11.4. The summed E-state index contributed by atoms with van der Waals surface area (Å²) in [4.78, 5) is 23.6. The fourth-order valence-electron chi connectivity index (χ4n) is 1.75. The molecule has 0 fully saturated rings. The maximum atomic E-state index is 11.9. The van der Waals surface area contributed by atoms with Crippen LogP contribution in [-0.4, -0.2) is 18.0 Å². The minimum Gasteiger partial charge on any atom is -0.317 e. The van der Waals surface area contributed by atoms with Crippen LogP contribution in [0.2, 0.25) is 15.1 Å². The van der Waals surface area contributed by atoms with Gasteiger partial charge in [-0.25, -0.2) is 5.43 Å². The largest absolute Gasteiger partial charge is 0.329 e. The van der Waals surface area contributed by atoms with E-state index in [1.165, 1.54) is 6.21 Å².